The number of fused-ring (bicyclic) bond motifs is 1. The van der Waals surface area contributed by atoms with Gasteiger partial charge in [-0.15, -0.1) is 0 Å². The van der Waals surface area contributed by atoms with Gasteiger partial charge < -0.3 is 0 Å². The van der Waals surface area contributed by atoms with E-state index < -0.39 is 0 Å². The average molecular weight is 400 g/mol. The highest BCUT2D eigenvalue weighted by molar-refractivity contribution is 7.88. The molecule has 2 aliphatic rings. The lowest BCUT2D eigenvalue weighted by Gasteiger charge is -2.38. The summed E-state index contributed by atoms with van der Waals surface area (Å²) in [7, 11) is -0.0356. The third-order valence-electron chi connectivity index (χ3n) is 5.25. The fourth-order valence-corrected chi connectivity index (χ4v) is 6.99. The summed E-state index contributed by atoms with van der Waals surface area (Å²) in [6.07, 6.45) is 8.40. The SMILES string of the molecule is S=C(c1ccccc1)C1CC2CCC=CC2S(=Nc2ccc(Cl)cc2)C1. The Morgan fingerprint density at radius 2 is 1.85 bits per heavy atom. The van der Waals surface area contributed by atoms with Crippen molar-refractivity contribution >= 4 is 45.1 Å². The van der Waals surface area contributed by atoms with Crippen molar-refractivity contribution in [1.29, 1.82) is 0 Å². The Morgan fingerprint density at radius 3 is 2.62 bits per heavy atom. The van der Waals surface area contributed by atoms with Crippen molar-refractivity contribution in [3.05, 3.63) is 77.3 Å². The van der Waals surface area contributed by atoms with Crippen molar-refractivity contribution in [2.75, 3.05) is 5.75 Å². The quantitative estimate of drug-likeness (QED) is 0.324. The zero-order valence-electron chi connectivity index (χ0n) is 14.6. The molecule has 0 aromatic heterocycles. The summed E-state index contributed by atoms with van der Waals surface area (Å²) in [6.45, 7) is 0. The highest BCUT2D eigenvalue weighted by Gasteiger charge is 2.35. The van der Waals surface area contributed by atoms with Crippen molar-refractivity contribution in [1.82, 2.24) is 0 Å². The van der Waals surface area contributed by atoms with Gasteiger partial charge in [-0.3, -0.25) is 0 Å². The van der Waals surface area contributed by atoms with Gasteiger partial charge >= 0.3 is 0 Å². The van der Waals surface area contributed by atoms with Crippen LogP contribution in [0.15, 0.2) is 71.1 Å². The minimum atomic E-state index is -0.0356. The van der Waals surface area contributed by atoms with Gasteiger partial charge in [-0.2, -0.15) is 0 Å². The molecular formula is C22H22ClNS2. The molecule has 0 N–H and O–H groups in total. The molecule has 1 saturated heterocycles. The van der Waals surface area contributed by atoms with Crippen LogP contribution >= 0.6 is 23.8 Å². The Bertz CT molecular complexity index is 842. The molecule has 4 rings (SSSR count). The van der Waals surface area contributed by atoms with E-state index in [0.29, 0.717) is 17.1 Å². The summed E-state index contributed by atoms with van der Waals surface area (Å²) in [5.41, 5.74) is 2.23. The molecule has 1 fully saturated rings. The first-order chi connectivity index (χ1) is 12.7. The number of allylic oxidation sites excluding steroid dienone is 1. The second-order valence-electron chi connectivity index (χ2n) is 7.03. The minimum absolute atomic E-state index is 0.0356. The van der Waals surface area contributed by atoms with Crippen molar-refractivity contribution in [2.45, 2.75) is 24.5 Å². The summed E-state index contributed by atoms with van der Waals surface area (Å²) in [6, 6.07) is 18.4. The van der Waals surface area contributed by atoms with Crippen molar-refractivity contribution in [3.8, 4) is 0 Å². The predicted molar refractivity (Wildman–Crippen MR) is 118 cm³/mol. The Hall–Kier alpha value is -1.29. The second-order valence-corrected chi connectivity index (χ2v) is 9.77. The third-order valence-corrected chi connectivity index (χ3v) is 8.43. The maximum atomic E-state index is 6.03. The number of thiocarbonyl (C=S) groups is 1. The van der Waals surface area contributed by atoms with Crippen LogP contribution in [0.1, 0.15) is 24.8 Å². The van der Waals surface area contributed by atoms with Gasteiger partial charge in [-0.1, -0.05) is 77.0 Å². The molecule has 4 heteroatoms. The van der Waals surface area contributed by atoms with Crippen LogP contribution in [-0.4, -0.2) is 15.9 Å². The van der Waals surface area contributed by atoms with E-state index in [0.717, 1.165) is 21.3 Å². The van der Waals surface area contributed by atoms with E-state index in [-0.39, 0.29) is 10.7 Å². The van der Waals surface area contributed by atoms with E-state index in [1.807, 2.05) is 24.3 Å². The predicted octanol–water partition coefficient (Wildman–Crippen LogP) is 6.55. The summed E-state index contributed by atoms with van der Waals surface area (Å²) < 4.78 is 5.13. The summed E-state index contributed by atoms with van der Waals surface area (Å²) in [4.78, 5) is 1.11. The first-order valence-electron chi connectivity index (χ1n) is 9.14. The molecule has 0 radical (unpaired) electrons. The number of rotatable bonds is 3. The summed E-state index contributed by atoms with van der Waals surface area (Å²) in [5.74, 6) is 2.20. The molecule has 0 saturated carbocycles. The number of halogens is 1. The molecule has 4 atom stereocenters. The van der Waals surface area contributed by atoms with Gasteiger partial charge in [0.05, 0.1) is 5.69 Å². The van der Waals surface area contributed by atoms with Crippen molar-refractivity contribution < 1.29 is 0 Å². The maximum Gasteiger partial charge on any atom is 0.0704 e. The molecule has 0 spiro atoms. The van der Waals surface area contributed by atoms with E-state index in [1.165, 1.54) is 24.8 Å². The molecule has 1 heterocycles. The molecule has 4 unspecified atom stereocenters. The highest BCUT2D eigenvalue weighted by atomic mass is 35.5. The van der Waals surface area contributed by atoms with Crippen LogP contribution in [0.5, 0.6) is 0 Å². The number of nitrogens with zero attached hydrogens (tertiary/aromatic N) is 1. The van der Waals surface area contributed by atoms with Crippen LogP contribution in [-0.2, 0) is 10.7 Å². The van der Waals surface area contributed by atoms with Gasteiger partial charge in [-0.05, 0) is 55.0 Å². The normalized spacial score (nSPS) is 27.9. The largest absolute Gasteiger partial charge is 0.227 e. The van der Waals surface area contributed by atoms with Crippen LogP contribution in [0.2, 0.25) is 5.02 Å². The summed E-state index contributed by atoms with van der Waals surface area (Å²) >= 11 is 11.9. The Kier molecular flexibility index (Phi) is 5.68. The zero-order valence-corrected chi connectivity index (χ0v) is 16.9. The number of hydrogen-bond acceptors (Lipinski definition) is 2. The van der Waals surface area contributed by atoms with E-state index in [2.05, 4.69) is 42.5 Å². The summed E-state index contributed by atoms with van der Waals surface area (Å²) in [5, 5.41) is 1.32. The van der Waals surface area contributed by atoms with Crippen molar-refractivity contribution in [2.24, 2.45) is 16.2 Å². The monoisotopic (exact) mass is 399 g/mol. The van der Waals surface area contributed by atoms with E-state index in [9.17, 15) is 0 Å². The smallest absolute Gasteiger partial charge is 0.0704 e. The first-order valence-corrected chi connectivity index (χ1v) is 11.3. The molecule has 0 amide bonds. The lowest BCUT2D eigenvalue weighted by molar-refractivity contribution is 0.408. The van der Waals surface area contributed by atoms with E-state index in [1.54, 1.807) is 0 Å². The minimum Gasteiger partial charge on any atom is -0.227 e. The Balaban J connectivity index is 1.64. The van der Waals surface area contributed by atoms with Gasteiger partial charge in [-0.25, -0.2) is 4.36 Å². The molecule has 134 valence electrons. The highest BCUT2D eigenvalue weighted by Crippen LogP contribution is 2.38. The lowest BCUT2D eigenvalue weighted by Crippen LogP contribution is -2.39. The van der Waals surface area contributed by atoms with Crippen LogP contribution < -0.4 is 0 Å². The Morgan fingerprint density at radius 1 is 1.08 bits per heavy atom. The van der Waals surface area contributed by atoms with Crippen LogP contribution in [0.25, 0.3) is 0 Å². The zero-order chi connectivity index (χ0) is 17.9. The fraction of sp³-hybridized carbons (Fsp3) is 0.318. The molecular weight excluding hydrogens is 378 g/mol. The van der Waals surface area contributed by atoms with Gasteiger partial charge in [0, 0.05) is 26.8 Å². The fourth-order valence-electron chi connectivity index (χ4n) is 3.93. The molecule has 1 aliphatic carbocycles. The molecule has 1 nitrogen and oxygen atoms in total. The van der Waals surface area contributed by atoms with E-state index in [4.69, 9.17) is 28.2 Å². The topological polar surface area (TPSA) is 12.4 Å². The van der Waals surface area contributed by atoms with Gasteiger partial charge in [0.2, 0.25) is 0 Å². The number of hydrogen-bond donors (Lipinski definition) is 0. The Labute approximate surface area is 168 Å². The first kappa shape index (κ1) is 18.1. The van der Waals surface area contributed by atoms with Gasteiger partial charge in [0.25, 0.3) is 0 Å². The standard InChI is InChI=1S/C22H22ClNS2/c23-19-10-12-20(13-11-19)24-26-15-18(14-17-8-4-5-9-21(17)26)22(25)16-6-2-1-3-7-16/h1-3,5-7,9-13,17-18,21H,4,8,14-15H2. The van der Waals surface area contributed by atoms with E-state index >= 15 is 0 Å². The molecule has 2 aromatic rings. The van der Waals surface area contributed by atoms with Crippen LogP contribution in [0.3, 0.4) is 0 Å². The lowest BCUT2D eigenvalue weighted by atomic mass is 9.83. The van der Waals surface area contributed by atoms with Crippen molar-refractivity contribution in [3.63, 3.8) is 0 Å². The number of benzene rings is 2. The van der Waals surface area contributed by atoms with Crippen LogP contribution in [0.4, 0.5) is 5.69 Å². The average Bonchev–Trinajstić information content (AvgIpc) is 2.69. The third kappa shape index (κ3) is 4.00. The second kappa shape index (κ2) is 8.16. The molecule has 26 heavy (non-hydrogen) atoms. The molecule has 0 bridgehead atoms. The maximum absolute atomic E-state index is 6.03. The van der Waals surface area contributed by atoms with Gasteiger partial charge in [0.1, 0.15) is 0 Å². The van der Waals surface area contributed by atoms with Crippen LogP contribution in [0, 0.1) is 11.8 Å². The molecule has 1 aliphatic heterocycles. The molecule has 2 aromatic carbocycles. The van der Waals surface area contributed by atoms with Gasteiger partial charge in [0.15, 0.2) is 0 Å².